The summed E-state index contributed by atoms with van der Waals surface area (Å²) in [6, 6.07) is 31.9. The minimum Gasteiger partial charge on any atom is -0.324 e. The van der Waals surface area contributed by atoms with Gasteiger partial charge in [0.05, 0.1) is 16.8 Å². The van der Waals surface area contributed by atoms with Crippen LogP contribution in [0.2, 0.25) is 0 Å². The molecule has 0 saturated heterocycles. The Morgan fingerprint density at radius 2 is 1.61 bits per heavy atom. The van der Waals surface area contributed by atoms with Gasteiger partial charge < -0.3 is 20.9 Å². The van der Waals surface area contributed by atoms with Gasteiger partial charge in [-0.1, -0.05) is 48.5 Å². The van der Waals surface area contributed by atoms with Gasteiger partial charge in [0, 0.05) is 53.2 Å². The Kier molecular flexibility index (Phi) is 8.89. The Morgan fingerprint density at radius 3 is 2.41 bits per heavy atom. The third-order valence-corrected chi connectivity index (χ3v) is 7.03. The Labute approximate surface area is 266 Å². The van der Waals surface area contributed by atoms with Crippen molar-refractivity contribution < 1.29 is 9.59 Å². The molecule has 10 nitrogen and oxygen atoms in total. The van der Waals surface area contributed by atoms with Crippen LogP contribution in [-0.2, 0) is 4.79 Å². The molecule has 228 valence electrons. The number of aromatic nitrogens is 4. The van der Waals surface area contributed by atoms with Crippen LogP contribution in [0.5, 0.6) is 0 Å². The van der Waals surface area contributed by atoms with Crippen LogP contribution in [0.4, 0.5) is 23.0 Å². The Hall–Kier alpha value is -6.13. The first-order chi connectivity index (χ1) is 22.4. The van der Waals surface area contributed by atoms with Gasteiger partial charge in [-0.15, -0.1) is 0 Å². The second-order valence-electron chi connectivity index (χ2n) is 10.8. The summed E-state index contributed by atoms with van der Waals surface area (Å²) in [7, 11) is 3.85. The molecule has 6 rings (SSSR count). The molecule has 0 atom stereocenters. The number of benzene rings is 3. The van der Waals surface area contributed by atoms with Crippen LogP contribution in [-0.4, -0.2) is 56.9 Å². The number of nitrogens with zero attached hydrogens (tertiary/aromatic N) is 5. The number of likely N-dealkylation sites (N-methyl/N-ethyl adjacent to an activating group) is 1. The van der Waals surface area contributed by atoms with Gasteiger partial charge in [-0.2, -0.15) is 5.10 Å². The summed E-state index contributed by atoms with van der Waals surface area (Å²) < 4.78 is 1.86. The van der Waals surface area contributed by atoms with Crippen LogP contribution in [0, 0.1) is 0 Å². The van der Waals surface area contributed by atoms with E-state index in [-0.39, 0.29) is 11.8 Å². The number of amides is 2. The number of nitrogens with one attached hydrogen (secondary N) is 3. The van der Waals surface area contributed by atoms with Crippen LogP contribution in [0.25, 0.3) is 28.0 Å². The lowest BCUT2D eigenvalue weighted by Gasteiger charge is -2.10. The smallest absolute Gasteiger partial charge is 0.255 e. The van der Waals surface area contributed by atoms with Gasteiger partial charge in [0.15, 0.2) is 0 Å². The number of hydrogen-bond donors (Lipinski definition) is 3. The average Bonchev–Trinajstić information content (AvgIpc) is 3.46. The Morgan fingerprint density at radius 1 is 0.826 bits per heavy atom. The monoisotopic (exact) mass is 608 g/mol. The summed E-state index contributed by atoms with van der Waals surface area (Å²) >= 11 is 0. The maximum absolute atomic E-state index is 13.0. The highest BCUT2D eigenvalue weighted by Gasteiger charge is 2.18. The topological polar surface area (TPSA) is 117 Å². The lowest BCUT2D eigenvalue weighted by molar-refractivity contribution is -0.111. The fourth-order valence-electron chi connectivity index (χ4n) is 4.87. The number of pyridine rings is 1. The predicted molar refractivity (Wildman–Crippen MR) is 182 cm³/mol. The molecule has 10 heteroatoms. The molecule has 0 fully saturated rings. The zero-order chi connectivity index (χ0) is 31.9. The fourth-order valence-corrected chi connectivity index (χ4v) is 4.87. The normalized spacial score (nSPS) is 11.2. The van der Waals surface area contributed by atoms with E-state index in [0.29, 0.717) is 29.4 Å². The zero-order valence-corrected chi connectivity index (χ0v) is 25.4. The van der Waals surface area contributed by atoms with Gasteiger partial charge in [-0.25, -0.2) is 14.5 Å². The van der Waals surface area contributed by atoms with Crippen molar-refractivity contribution in [3.63, 3.8) is 0 Å². The second kappa shape index (κ2) is 13.7. The van der Waals surface area contributed by atoms with Gasteiger partial charge in [-0.3, -0.25) is 9.59 Å². The van der Waals surface area contributed by atoms with Gasteiger partial charge >= 0.3 is 0 Å². The maximum atomic E-state index is 13.0. The van der Waals surface area contributed by atoms with Crippen molar-refractivity contribution in [3.8, 4) is 22.5 Å². The standard InChI is InChI=1S/C36H32N8O2/c1-43(2)22-9-15-32(45)38-29-13-8-12-26(24-29)35(46)39-27-16-18-28(19-17-27)40-36-37-21-20-30(41-36)33-31-14-6-7-23-44(31)42-34(33)25-10-4-3-5-11-25/h3-21,23-24H,22H2,1-2H3,(H,38,45)(H,39,46)(H,37,40,41). The number of carbonyl (C=O) groups is 2. The highest BCUT2D eigenvalue weighted by Crippen LogP contribution is 2.34. The van der Waals surface area contributed by atoms with E-state index in [2.05, 4.69) is 20.9 Å². The van der Waals surface area contributed by atoms with E-state index in [1.807, 2.05) is 96.4 Å². The first kappa shape index (κ1) is 29.9. The van der Waals surface area contributed by atoms with Crippen LogP contribution < -0.4 is 16.0 Å². The van der Waals surface area contributed by atoms with Crippen molar-refractivity contribution in [2.45, 2.75) is 0 Å². The van der Waals surface area contributed by atoms with Crippen molar-refractivity contribution in [1.82, 2.24) is 24.5 Å². The van der Waals surface area contributed by atoms with Crippen molar-refractivity contribution >= 4 is 40.3 Å². The van der Waals surface area contributed by atoms with E-state index in [0.717, 1.165) is 33.7 Å². The number of carbonyl (C=O) groups excluding carboxylic acids is 2. The first-order valence-corrected chi connectivity index (χ1v) is 14.7. The molecule has 0 radical (unpaired) electrons. The van der Waals surface area contributed by atoms with Gasteiger partial charge in [-0.05, 0) is 74.8 Å². The van der Waals surface area contributed by atoms with E-state index in [1.165, 1.54) is 6.08 Å². The lowest BCUT2D eigenvalue weighted by Crippen LogP contribution is -2.14. The maximum Gasteiger partial charge on any atom is 0.255 e. The fraction of sp³-hybridized carbons (Fsp3) is 0.0833. The van der Waals surface area contributed by atoms with Crippen molar-refractivity contribution in [2.24, 2.45) is 0 Å². The van der Waals surface area contributed by atoms with Gasteiger partial charge in [0.1, 0.15) is 5.69 Å². The summed E-state index contributed by atoms with van der Waals surface area (Å²) in [5.41, 5.74) is 6.76. The Bertz CT molecular complexity index is 2020. The van der Waals surface area contributed by atoms with Crippen LogP contribution in [0.3, 0.4) is 0 Å². The molecule has 0 unspecified atom stereocenters. The quantitative estimate of drug-likeness (QED) is 0.152. The second-order valence-corrected chi connectivity index (χ2v) is 10.8. The molecule has 0 saturated carbocycles. The molecule has 6 aromatic rings. The van der Waals surface area contributed by atoms with E-state index in [1.54, 1.807) is 48.7 Å². The molecular formula is C36H32N8O2. The minimum absolute atomic E-state index is 0.257. The predicted octanol–water partition coefficient (Wildman–Crippen LogP) is 6.51. The van der Waals surface area contributed by atoms with Gasteiger partial charge in [0.25, 0.3) is 5.91 Å². The first-order valence-electron chi connectivity index (χ1n) is 14.7. The third-order valence-electron chi connectivity index (χ3n) is 7.03. The van der Waals surface area contributed by atoms with Crippen molar-refractivity contribution in [1.29, 1.82) is 0 Å². The van der Waals surface area contributed by atoms with Crippen LogP contribution in [0.1, 0.15) is 10.4 Å². The largest absolute Gasteiger partial charge is 0.324 e. The highest BCUT2D eigenvalue weighted by molar-refractivity contribution is 6.06. The number of rotatable bonds is 10. The van der Waals surface area contributed by atoms with E-state index in [4.69, 9.17) is 10.1 Å². The van der Waals surface area contributed by atoms with Crippen LogP contribution in [0.15, 0.2) is 128 Å². The zero-order valence-electron chi connectivity index (χ0n) is 25.4. The summed E-state index contributed by atoms with van der Waals surface area (Å²) in [5.74, 6) is -0.120. The molecule has 2 amide bonds. The molecule has 3 N–H and O–H groups in total. The Balaban J connectivity index is 1.14. The lowest BCUT2D eigenvalue weighted by atomic mass is 10.0. The molecule has 3 heterocycles. The van der Waals surface area contributed by atoms with Crippen LogP contribution >= 0.6 is 0 Å². The summed E-state index contributed by atoms with van der Waals surface area (Å²) in [5, 5.41) is 13.8. The summed E-state index contributed by atoms with van der Waals surface area (Å²) in [6.07, 6.45) is 6.89. The molecule has 0 spiro atoms. The molecule has 3 aromatic carbocycles. The number of anilines is 4. The van der Waals surface area contributed by atoms with E-state index < -0.39 is 0 Å². The number of fused-ring (bicyclic) bond motifs is 1. The molecule has 3 aromatic heterocycles. The summed E-state index contributed by atoms with van der Waals surface area (Å²) in [4.78, 5) is 36.4. The molecular weight excluding hydrogens is 576 g/mol. The number of hydrogen-bond acceptors (Lipinski definition) is 7. The average molecular weight is 609 g/mol. The van der Waals surface area contributed by atoms with Gasteiger partial charge in [0.2, 0.25) is 11.9 Å². The molecule has 0 bridgehead atoms. The molecule has 46 heavy (non-hydrogen) atoms. The molecule has 0 aliphatic carbocycles. The summed E-state index contributed by atoms with van der Waals surface area (Å²) in [6.45, 7) is 0.655. The van der Waals surface area contributed by atoms with Crippen molar-refractivity contribution in [2.75, 3.05) is 36.6 Å². The van der Waals surface area contributed by atoms with E-state index in [9.17, 15) is 9.59 Å². The molecule has 0 aliphatic heterocycles. The third kappa shape index (κ3) is 7.15. The minimum atomic E-state index is -0.293. The van der Waals surface area contributed by atoms with E-state index >= 15 is 0 Å². The SMILES string of the molecule is CN(C)CC=CC(=O)Nc1cccc(C(=O)Nc2ccc(Nc3nccc(-c4c(-c5ccccc5)nn5ccccc45)n3)cc2)c1. The highest BCUT2D eigenvalue weighted by atomic mass is 16.2. The molecule has 0 aliphatic rings. The van der Waals surface area contributed by atoms with Crippen molar-refractivity contribution in [3.05, 3.63) is 133 Å².